The molecule has 0 fully saturated rings. The summed E-state index contributed by atoms with van der Waals surface area (Å²) in [6.07, 6.45) is 5.54. The van der Waals surface area contributed by atoms with E-state index in [1.165, 1.54) is 10.6 Å². The molecule has 6 heteroatoms. The van der Waals surface area contributed by atoms with Crippen molar-refractivity contribution in [3.63, 3.8) is 0 Å². The van der Waals surface area contributed by atoms with Crippen LogP contribution in [0.4, 0.5) is 0 Å². The number of benzene rings is 1. The first-order chi connectivity index (χ1) is 11.0. The van der Waals surface area contributed by atoms with E-state index < -0.39 is 0 Å². The molecule has 4 nitrogen and oxygen atoms in total. The van der Waals surface area contributed by atoms with Gasteiger partial charge in [0.2, 0.25) is 0 Å². The highest BCUT2D eigenvalue weighted by molar-refractivity contribution is 7.09. The van der Waals surface area contributed by atoms with E-state index in [2.05, 4.69) is 60.7 Å². The van der Waals surface area contributed by atoms with Gasteiger partial charge in [-0.2, -0.15) is 0 Å². The number of hydrogen-bond donors (Lipinski definition) is 1. The van der Waals surface area contributed by atoms with E-state index in [1.54, 1.807) is 17.5 Å². The standard InChI is InChI=1S/C18H22N4S.ClH/c1-18(2,3)17-21-15(12-23-17)11-20-10-14-4-6-16(7-5-14)22-9-8-19-13-22;/h4-9,12-13,20H,10-11H2,1-3H3;1H. The Morgan fingerprint density at radius 3 is 2.46 bits per heavy atom. The zero-order valence-corrected chi connectivity index (χ0v) is 15.8. The minimum Gasteiger partial charge on any atom is -0.307 e. The van der Waals surface area contributed by atoms with Gasteiger partial charge in [0.25, 0.3) is 0 Å². The molecule has 3 rings (SSSR count). The van der Waals surface area contributed by atoms with Crippen molar-refractivity contribution in [1.82, 2.24) is 19.9 Å². The van der Waals surface area contributed by atoms with Gasteiger partial charge in [-0.3, -0.25) is 0 Å². The van der Waals surface area contributed by atoms with Crippen molar-refractivity contribution in [2.45, 2.75) is 39.3 Å². The first-order valence-electron chi connectivity index (χ1n) is 7.75. The van der Waals surface area contributed by atoms with E-state index >= 15 is 0 Å². The van der Waals surface area contributed by atoms with E-state index in [1.807, 2.05) is 17.1 Å². The van der Waals surface area contributed by atoms with Gasteiger partial charge in [-0.05, 0) is 17.7 Å². The zero-order valence-electron chi connectivity index (χ0n) is 14.2. The Morgan fingerprint density at radius 1 is 1.12 bits per heavy atom. The van der Waals surface area contributed by atoms with Crippen LogP contribution in [0.1, 0.15) is 37.0 Å². The molecule has 24 heavy (non-hydrogen) atoms. The van der Waals surface area contributed by atoms with Gasteiger partial charge < -0.3 is 9.88 Å². The maximum absolute atomic E-state index is 4.71. The summed E-state index contributed by atoms with van der Waals surface area (Å²) in [4.78, 5) is 8.77. The lowest BCUT2D eigenvalue weighted by Crippen LogP contribution is -2.14. The van der Waals surface area contributed by atoms with Crippen molar-refractivity contribution in [3.05, 3.63) is 64.6 Å². The summed E-state index contributed by atoms with van der Waals surface area (Å²) in [5.74, 6) is 0. The van der Waals surface area contributed by atoms with Crippen LogP contribution in [0.5, 0.6) is 0 Å². The first-order valence-corrected chi connectivity index (χ1v) is 8.63. The van der Waals surface area contributed by atoms with Crippen LogP contribution in [0.2, 0.25) is 0 Å². The Balaban J connectivity index is 0.00000208. The molecule has 3 aromatic rings. The number of nitrogens with zero attached hydrogens (tertiary/aromatic N) is 3. The van der Waals surface area contributed by atoms with Crippen LogP contribution in [0, 0.1) is 0 Å². The fourth-order valence-corrected chi connectivity index (χ4v) is 3.17. The summed E-state index contributed by atoms with van der Waals surface area (Å²) in [6, 6.07) is 8.51. The van der Waals surface area contributed by atoms with Crippen LogP contribution in [-0.4, -0.2) is 14.5 Å². The zero-order chi connectivity index (χ0) is 16.3. The van der Waals surface area contributed by atoms with Gasteiger partial charge in [0.05, 0.1) is 17.0 Å². The number of imidazole rings is 1. The molecule has 0 aliphatic heterocycles. The number of thiazole rings is 1. The highest BCUT2D eigenvalue weighted by Crippen LogP contribution is 2.25. The number of rotatable bonds is 5. The van der Waals surface area contributed by atoms with Crippen molar-refractivity contribution in [2.75, 3.05) is 0 Å². The van der Waals surface area contributed by atoms with E-state index in [4.69, 9.17) is 4.98 Å². The fraction of sp³-hybridized carbons (Fsp3) is 0.333. The highest BCUT2D eigenvalue weighted by Gasteiger charge is 2.17. The van der Waals surface area contributed by atoms with Gasteiger partial charge in [0.1, 0.15) is 0 Å². The van der Waals surface area contributed by atoms with Crippen molar-refractivity contribution < 1.29 is 0 Å². The summed E-state index contributed by atoms with van der Waals surface area (Å²) in [7, 11) is 0. The summed E-state index contributed by atoms with van der Waals surface area (Å²) in [6.45, 7) is 8.24. The molecule has 0 atom stereocenters. The minimum atomic E-state index is 0. The molecule has 0 unspecified atom stereocenters. The van der Waals surface area contributed by atoms with Gasteiger partial charge in [0, 0.05) is 42.0 Å². The van der Waals surface area contributed by atoms with Gasteiger partial charge >= 0.3 is 0 Å². The van der Waals surface area contributed by atoms with Crippen LogP contribution >= 0.6 is 23.7 Å². The van der Waals surface area contributed by atoms with E-state index in [0.29, 0.717) is 0 Å². The van der Waals surface area contributed by atoms with E-state index in [9.17, 15) is 0 Å². The predicted octanol–water partition coefficient (Wildman–Crippen LogP) is 4.34. The number of nitrogens with one attached hydrogen (secondary N) is 1. The molecular formula is C18H23ClN4S. The molecule has 1 aromatic carbocycles. The second-order valence-electron chi connectivity index (χ2n) is 6.63. The van der Waals surface area contributed by atoms with Gasteiger partial charge in [-0.15, -0.1) is 23.7 Å². The SMILES string of the molecule is CC(C)(C)c1nc(CNCc2ccc(-n3ccnc3)cc2)cs1.Cl. The van der Waals surface area contributed by atoms with Crippen LogP contribution in [0.25, 0.3) is 5.69 Å². The van der Waals surface area contributed by atoms with E-state index in [-0.39, 0.29) is 17.8 Å². The summed E-state index contributed by atoms with van der Waals surface area (Å²) < 4.78 is 2.00. The molecule has 2 aromatic heterocycles. The molecule has 1 N–H and O–H groups in total. The summed E-state index contributed by atoms with van der Waals surface area (Å²) in [5, 5.41) is 6.80. The topological polar surface area (TPSA) is 42.7 Å². The number of aromatic nitrogens is 3. The third kappa shape index (κ3) is 4.66. The maximum Gasteiger partial charge on any atom is 0.0991 e. The Morgan fingerprint density at radius 2 is 1.88 bits per heavy atom. The Bertz CT molecular complexity index is 742. The second-order valence-corrected chi connectivity index (χ2v) is 7.49. The molecule has 0 spiro atoms. The van der Waals surface area contributed by atoms with Crippen molar-refractivity contribution in [3.8, 4) is 5.69 Å². The quantitative estimate of drug-likeness (QED) is 0.734. The molecular weight excluding hydrogens is 340 g/mol. The average Bonchev–Trinajstić information content (AvgIpc) is 3.19. The van der Waals surface area contributed by atoms with Gasteiger partial charge in [0.15, 0.2) is 0 Å². The van der Waals surface area contributed by atoms with Crippen molar-refractivity contribution in [1.29, 1.82) is 0 Å². The van der Waals surface area contributed by atoms with Crippen LogP contribution in [0.15, 0.2) is 48.4 Å². The van der Waals surface area contributed by atoms with Crippen molar-refractivity contribution in [2.24, 2.45) is 0 Å². The molecule has 0 saturated heterocycles. The van der Waals surface area contributed by atoms with Gasteiger partial charge in [-0.1, -0.05) is 32.9 Å². The normalized spacial score (nSPS) is 11.3. The lowest BCUT2D eigenvalue weighted by molar-refractivity contribution is 0.579. The minimum absolute atomic E-state index is 0. The van der Waals surface area contributed by atoms with Gasteiger partial charge in [-0.25, -0.2) is 9.97 Å². The average molecular weight is 363 g/mol. The molecule has 0 aliphatic rings. The third-order valence-electron chi connectivity index (χ3n) is 3.57. The summed E-state index contributed by atoms with van der Waals surface area (Å²) >= 11 is 1.74. The largest absolute Gasteiger partial charge is 0.307 e. The number of halogens is 1. The predicted molar refractivity (Wildman–Crippen MR) is 102 cm³/mol. The first kappa shape index (κ1) is 18.6. The van der Waals surface area contributed by atoms with Crippen LogP contribution in [-0.2, 0) is 18.5 Å². The highest BCUT2D eigenvalue weighted by atomic mass is 35.5. The van der Waals surface area contributed by atoms with E-state index in [0.717, 1.165) is 24.5 Å². The third-order valence-corrected chi connectivity index (χ3v) is 4.88. The molecule has 0 saturated carbocycles. The van der Waals surface area contributed by atoms with Crippen LogP contribution < -0.4 is 5.32 Å². The molecule has 128 valence electrons. The lowest BCUT2D eigenvalue weighted by Gasteiger charge is -2.13. The molecule has 0 amide bonds. The smallest absolute Gasteiger partial charge is 0.0991 e. The Hall–Kier alpha value is -1.69. The number of hydrogen-bond acceptors (Lipinski definition) is 4. The molecule has 2 heterocycles. The van der Waals surface area contributed by atoms with Crippen molar-refractivity contribution >= 4 is 23.7 Å². The lowest BCUT2D eigenvalue weighted by atomic mass is 9.98. The molecule has 0 bridgehead atoms. The Kier molecular flexibility index (Phi) is 6.15. The van der Waals surface area contributed by atoms with Crippen LogP contribution in [0.3, 0.4) is 0 Å². The molecule has 0 radical (unpaired) electrons. The second kappa shape index (κ2) is 7.92. The summed E-state index contributed by atoms with van der Waals surface area (Å²) in [5.41, 5.74) is 3.64. The molecule has 0 aliphatic carbocycles. The fourth-order valence-electron chi connectivity index (χ4n) is 2.27. The Labute approximate surface area is 153 Å². The monoisotopic (exact) mass is 362 g/mol. The maximum atomic E-state index is 4.71.